The van der Waals surface area contributed by atoms with E-state index >= 15 is 0 Å². The summed E-state index contributed by atoms with van der Waals surface area (Å²) in [4.78, 5) is 4.01. The Morgan fingerprint density at radius 3 is 2.56 bits per heavy atom. The Labute approximate surface area is 55.9 Å². The molecule has 0 aromatic rings. The molecular weight excluding hydrogens is 114 g/mol. The van der Waals surface area contributed by atoms with Crippen molar-refractivity contribution in [2.45, 2.75) is 20.3 Å². The van der Waals surface area contributed by atoms with E-state index in [1.54, 1.807) is 6.21 Å². The van der Waals surface area contributed by atoms with Crippen LogP contribution in [0.4, 0.5) is 0 Å². The quantitative estimate of drug-likeness (QED) is 0.570. The Morgan fingerprint density at radius 2 is 2.22 bits per heavy atom. The number of aliphatic hydroxyl groups is 1. The predicted octanol–water partition coefficient (Wildman–Crippen LogP) is 1.36. The normalized spacial score (nSPS) is 13.0. The summed E-state index contributed by atoms with van der Waals surface area (Å²) >= 11 is 0. The molecule has 9 heavy (non-hydrogen) atoms. The number of hydrogen-bond donors (Lipinski definition) is 1. The second kappa shape index (κ2) is 5.51. The molecule has 2 nitrogen and oxygen atoms in total. The number of allylic oxidation sites excluding steroid dienone is 1. The molecule has 0 rings (SSSR count). The highest BCUT2D eigenvalue weighted by atomic mass is 16.3. The van der Waals surface area contributed by atoms with Gasteiger partial charge in [0.15, 0.2) is 0 Å². The fraction of sp³-hybridized carbons (Fsp3) is 0.571. The van der Waals surface area contributed by atoms with E-state index in [2.05, 4.69) is 4.99 Å². The second-order valence-corrected chi connectivity index (χ2v) is 1.64. The molecule has 0 aromatic carbocycles. The summed E-state index contributed by atoms with van der Waals surface area (Å²) in [5.74, 6) is 0. The fourth-order valence-electron chi connectivity index (χ4n) is 0.564. The highest BCUT2D eigenvalue weighted by Crippen LogP contribution is 1.99. The van der Waals surface area contributed by atoms with Crippen LogP contribution in [0, 0.1) is 0 Å². The summed E-state index contributed by atoms with van der Waals surface area (Å²) in [5.41, 5.74) is 0.944. The van der Waals surface area contributed by atoms with Crippen molar-refractivity contribution in [3.8, 4) is 0 Å². The summed E-state index contributed by atoms with van der Waals surface area (Å²) < 4.78 is 0. The zero-order valence-electron chi connectivity index (χ0n) is 5.96. The van der Waals surface area contributed by atoms with Crippen molar-refractivity contribution < 1.29 is 5.11 Å². The first kappa shape index (κ1) is 8.37. The molecule has 0 aliphatic carbocycles. The van der Waals surface area contributed by atoms with E-state index in [-0.39, 0.29) is 6.61 Å². The summed E-state index contributed by atoms with van der Waals surface area (Å²) in [6.45, 7) is 3.95. The van der Waals surface area contributed by atoms with Gasteiger partial charge in [0.25, 0.3) is 0 Å². The third kappa shape index (κ3) is 3.91. The summed E-state index contributed by atoms with van der Waals surface area (Å²) in [6, 6.07) is 0. The monoisotopic (exact) mass is 127 g/mol. The topological polar surface area (TPSA) is 32.6 Å². The molecule has 0 aliphatic rings. The molecule has 0 heterocycles. The number of hydrogen-bond acceptors (Lipinski definition) is 2. The van der Waals surface area contributed by atoms with Crippen LogP contribution >= 0.6 is 0 Å². The molecule has 0 bridgehead atoms. The molecule has 0 saturated carbocycles. The van der Waals surface area contributed by atoms with Crippen LogP contribution in [0.25, 0.3) is 0 Å². The van der Waals surface area contributed by atoms with Crippen LogP contribution in [0.3, 0.4) is 0 Å². The predicted molar refractivity (Wildman–Crippen MR) is 39.6 cm³/mol. The van der Waals surface area contributed by atoms with E-state index in [0.29, 0.717) is 6.42 Å². The van der Waals surface area contributed by atoms with Crippen molar-refractivity contribution in [3.05, 3.63) is 11.8 Å². The molecule has 1 N–H and O–H groups in total. The molecule has 0 radical (unpaired) electrons. The molecule has 0 spiro atoms. The maximum absolute atomic E-state index is 8.48. The Hall–Kier alpha value is -0.630. The van der Waals surface area contributed by atoms with Crippen LogP contribution in [-0.2, 0) is 0 Å². The standard InChI is InChI=1S/C7H13NO/c1-3-7(5-6-9)8-4-2/h3-4,9H,5-6H2,1-2H3/b7-3-,8-4?. The molecule has 0 amide bonds. The van der Waals surface area contributed by atoms with E-state index < -0.39 is 0 Å². The maximum atomic E-state index is 8.48. The first-order chi connectivity index (χ1) is 4.35. The zero-order chi connectivity index (χ0) is 7.11. The Kier molecular flexibility index (Phi) is 5.12. The van der Waals surface area contributed by atoms with Gasteiger partial charge in [-0.05, 0) is 13.8 Å². The van der Waals surface area contributed by atoms with Gasteiger partial charge in [-0.25, -0.2) is 0 Å². The highest BCUT2D eigenvalue weighted by molar-refractivity contribution is 5.55. The number of aliphatic hydroxyl groups excluding tert-OH is 1. The van der Waals surface area contributed by atoms with Crippen molar-refractivity contribution in [1.29, 1.82) is 0 Å². The highest BCUT2D eigenvalue weighted by Gasteiger charge is 1.86. The van der Waals surface area contributed by atoms with Crippen LogP contribution in [0.1, 0.15) is 20.3 Å². The minimum Gasteiger partial charge on any atom is -0.396 e. The summed E-state index contributed by atoms with van der Waals surface area (Å²) in [6.07, 6.45) is 4.28. The van der Waals surface area contributed by atoms with Gasteiger partial charge in [0.05, 0.1) is 0 Å². The lowest BCUT2D eigenvalue weighted by Crippen LogP contribution is -1.84. The lowest BCUT2D eigenvalue weighted by Gasteiger charge is -1.93. The molecule has 0 atom stereocenters. The second-order valence-electron chi connectivity index (χ2n) is 1.64. The van der Waals surface area contributed by atoms with Gasteiger partial charge in [0.1, 0.15) is 0 Å². The largest absolute Gasteiger partial charge is 0.396 e. The van der Waals surface area contributed by atoms with Crippen LogP contribution in [-0.4, -0.2) is 17.9 Å². The molecule has 0 aliphatic heterocycles. The van der Waals surface area contributed by atoms with Gasteiger partial charge in [-0.1, -0.05) is 6.08 Å². The Morgan fingerprint density at radius 1 is 1.56 bits per heavy atom. The van der Waals surface area contributed by atoms with Crippen LogP contribution < -0.4 is 0 Å². The van der Waals surface area contributed by atoms with Gasteiger partial charge < -0.3 is 5.11 Å². The minimum atomic E-state index is 0.178. The lowest BCUT2D eigenvalue weighted by atomic mass is 10.3. The van der Waals surface area contributed by atoms with Crippen molar-refractivity contribution >= 4 is 6.21 Å². The van der Waals surface area contributed by atoms with Crippen molar-refractivity contribution in [2.75, 3.05) is 6.61 Å². The number of rotatable bonds is 3. The van der Waals surface area contributed by atoms with Gasteiger partial charge in [-0.2, -0.15) is 0 Å². The number of aliphatic imine (C=N–C) groups is 1. The van der Waals surface area contributed by atoms with Crippen molar-refractivity contribution in [1.82, 2.24) is 0 Å². The van der Waals surface area contributed by atoms with E-state index in [9.17, 15) is 0 Å². The average molecular weight is 127 g/mol. The lowest BCUT2D eigenvalue weighted by molar-refractivity contribution is 0.299. The smallest absolute Gasteiger partial charge is 0.0486 e. The van der Waals surface area contributed by atoms with E-state index in [1.165, 1.54) is 0 Å². The van der Waals surface area contributed by atoms with Gasteiger partial charge >= 0.3 is 0 Å². The Bertz CT molecular complexity index is 116. The molecule has 0 unspecified atom stereocenters. The zero-order valence-corrected chi connectivity index (χ0v) is 5.96. The third-order valence-electron chi connectivity index (χ3n) is 0.996. The van der Waals surface area contributed by atoms with Gasteiger partial charge in [0, 0.05) is 24.9 Å². The molecule has 0 saturated heterocycles. The van der Waals surface area contributed by atoms with Crippen LogP contribution in [0.15, 0.2) is 16.8 Å². The SMILES string of the molecule is CC=N/C(=C\C)CCO. The average Bonchev–Trinajstić information content (AvgIpc) is 1.88. The number of nitrogens with zero attached hydrogens (tertiary/aromatic N) is 1. The van der Waals surface area contributed by atoms with Crippen LogP contribution in [0.5, 0.6) is 0 Å². The molecular formula is C7H13NO. The van der Waals surface area contributed by atoms with Crippen molar-refractivity contribution in [2.24, 2.45) is 4.99 Å². The molecule has 2 heteroatoms. The maximum Gasteiger partial charge on any atom is 0.0486 e. The molecule has 0 fully saturated rings. The Balaban J connectivity index is 3.70. The van der Waals surface area contributed by atoms with E-state index in [1.807, 2.05) is 19.9 Å². The first-order valence-corrected chi connectivity index (χ1v) is 3.09. The van der Waals surface area contributed by atoms with E-state index in [4.69, 9.17) is 5.11 Å². The van der Waals surface area contributed by atoms with Gasteiger partial charge in [-0.3, -0.25) is 4.99 Å². The molecule has 52 valence electrons. The van der Waals surface area contributed by atoms with E-state index in [0.717, 1.165) is 5.70 Å². The van der Waals surface area contributed by atoms with Gasteiger partial charge in [-0.15, -0.1) is 0 Å². The summed E-state index contributed by atoms with van der Waals surface area (Å²) in [5, 5.41) is 8.48. The first-order valence-electron chi connectivity index (χ1n) is 3.09. The fourth-order valence-corrected chi connectivity index (χ4v) is 0.564. The minimum absolute atomic E-state index is 0.178. The van der Waals surface area contributed by atoms with Crippen molar-refractivity contribution in [3.63, 3.8) is 0 Å². The summed E-state index contributed by atoms with van der Waals surface area (Å²) in [7, 11) is 0. The third-order valence-corrected chi connectivity index (χ3v) is 0.996. The van der Waals surface area contributed by atoms with Gasteiger partial charge in [0.2, 0.25) is 0 Å². The van der Waals surface area contributed by atoms with Crippen LogP contribution in [0.2, 0.25) is 0 Å². The molecule has 0 aromatic heterocycles.